The van der Waals surface area contributed by atoms with Crippen LogP contribution in [0.4, 0.5) is 5.69 Å². The van der Waals surface area contributed by atoms with Crippen molar-refractivity contribution in [3.05, 3.63) is 47.3 Å². The lowest BCUT2D eigenvalue weighted by Gasteiger charge is -2.35. The van der Waals surface area contributed by atoms with Crippen molar-refractivity contribution < 1.29 is 0 Å². The zero-order valence-electron chi connectivity index (χ0n) is 17.4. The molecule has 1 fully saturated rings. The van der Waals surface area contributed by atoms with Gasteiger partial charge in [-0.05, 0) is 45.7 Å². The second kappa shape index (κ2) is 10.7. The first-order valence-electron chi connectivity index (χ1n) is 9.92. The summed E-state index contributed by atoms with van der Waals surface area (Å²) in [5, 5.41) is 11.5. The van der Waals surface area contributed by atoms with Gasteiger partial charge < -0.3 is 15.5 Å². The van der Waals surface area contributed by atoms with E-state index in [1.807, 2.05) is 11.7 Å². The first-order valence-corrected chi connectivity index (χ1v) is 9.92. The monoisotopic (exact) mass is 496 g/mol. The van der Waals surface area contributed by atoms with E-state index in [4.69, 9.17) is 4.99 Å². The minimum atomic E-state index is 0. The number of aryl methyl sites for hydroxylation is 2. The van der Waals surface area contributed by atoms with Gasteiger partial charge >= 0.3 is 0 Å². The van der Waals surface area contributed by atoms with E-state index in [-0.39, 0.29) is 24.0 Å². The largest absolute Gasteiger partial charge is 0.369 e. The summed E-state index contributed by atoms with van der Waals surface area (Å²) < 4.78 is 1.93. The lowest BCUT2D eigenvalue weighted by atomic mass is 10.1. The van der Waals surface area contributed by atoms with Crippen LogP contribution in [-0.4, -0.2) is 41.4 Å². The third-order valence-corrected chi connectivity index (χ3v) is 5.28. The van der Waals surface area contributed by atoms with Crippen molar-refractivity contribution in [3.63, 3.8) is 0 Å². The molecule has 1 aromatic heterocycles. The number of benzene rings is 1. The van der Waals surface area contributed by atoms with Crippen molar-refractivity contribution >= 4 is 35.6 Å². The zero-order chi connectivity index (χ0) is 19.2. The molecular formula is C21H33IN6. The predicted molar refractivity (Wildman–Crippen MR) is 128 cm³/mol. The molecular weight excluding hydrogens is 463 g/mol. The summed E-state index contributed by atoms with van der Waals surface area (Å²) in [4.78, 5) is 7.29. The summed E-state index contributed by atoms with van der Waals surface area (Å²) in [5.74, 6) is 0.889. The number of hydrogen-bond acceptors (Lipinski definition) is 3. The third-order valence-electron chi connectivity index (χ3n) is 5.28. The first kappa shape index (κ1) is 22.5. The molecule has 0 bridgehead atoms. The molecule has 1 atom stereocenters. The normalized spacial score (nSPS) is 17.2. The van der Waals surface area contributed by atoms with E-state index in [9.17, 15) is 0 Å². The summed E-state index contributed by atoms with van der Waals surface area (Å²) in [6.45, 7) is 9.88. The van der Waals surface area contributed by atoms with Crippen molar-refractivity contribution in [3.8, 4) is 0 Å². The molecule has 3 rings (SSSR count). The molecule has 0 aliphatic carbocycles. The SMILES string of the molecule is CCNC(=NCc1c(C)nn(C)c1C)NC1CCCN(c2ccccc2)C1.I. The average Bonchev–Trinajstić information content (AvgIpc) is 2.92. The smallest absolute Gasteiger partial charge is 0.191 e. The van der Waals surface area contributed by atoms with Gasteiger partial charge in [0.15, 0.2) is 5.96 Å². The van der Waals surface area contributed by atoms with Gasteiger partial charge in [-0.1, -0.05) is 18.2 Å². The number of anilines is 1. The fourth-order valence-corrected chi connectivity index (χ4v) is 3.69. The number of halogens is 1. The topological polar surface area (TPSA) is 57.5 Å². The van der Waals surface area contributed by atoms with E-state index in [0.717, 1.165) is 31.3 Å². The molecule has 6 nitrogen and oxygen atoms in total. The van der Waals surface area contributed by atoms with Gasteiger partial charge in [0.05, 0.1) is 12.2 Å². The number of aromatic nitrogens is 2. The molecule has 1 aromatic carbocycles. The average molecular weight is 496 g/mol. The Bertz CT molecular complexity index is 771. The lowest BCUT2D eigenvalue weighted by molar-refractivity contribution is 0.468. The molecule has 2 N–H and O–H groups in total. The van der Waals surface area contributed by atoms with Crippen molar-refractivity contribution in [2.45, 2.75) is 46.2 Å². The highest BCUT2D eigenvalue weighted by atomic mass is 127. The van der Waals surface area contributed by atoms with E-state index in [1.165, 1.54) is 29.8 Å². The van der Waals surface area contributed by atoms with Crippen LogP contribution >= 0.6 is 24.0 Å². The Morgan fingerprint density at radius 2 is 2.00 bits per heavy atom. The molecule has 0 saturated carbocycles. The number of guanidine groups is 1. The van der Waals surface area contributed by atoms with Crippen molar-refractivity contribution in [2.75, 3.05) is 24.5 Å². The van der Waals surface area contributed by atoms with Crippen LogP contribution in [0.5, 0.6) is 0 Å². The van der Waals surface area contributed by atoms with Crippen molar-refractivity contribution in [1.29, 1.82) is 0 Å². The molecule has 0 spiro atoms. The number of piperidine rings is 1. The highest BCUT2D eigenvalue weighted by Gasteiger charge is 2.21. The van der Waals surface area contributed by atoms with E-state index in [0.29, 0.717) is 12.6 Å². The van der Waals surface area contributed by atoms with Gasteiger partial charge in [-0.15, -0.1) is 24.0 Å². The standard InChI is InChI=1S/C21H32N6.HI/c1-5-22-21(23-14-20-16(2)25-26(4)17(20)3)24-18-10-9-13-27(15-18)19-11-7-6-8-12-19;/h6-8,11-12,18H,5,9-10,13-15H2,1-4H3,(H2,22,23,24);1H. The first-order chi connectivity index (χ1) is 13.1. The molecule has 1 aliphatic rings. The van der Waals surface area contributed by atoms with E-state index in [2.05, 4.69) is 71.7 Å². The molecule has 1 saturated heterocycles. The number of nitrogens with zero attached hydrogens (tertiary/aromatic N) is 4. The van der Waals surface area contributed by atoms with Gasteiger partial charge in [0, 0.05) is 49.7 Å². The van der Waals surface area contributed by atoms with E-state index in [1.54, 1.807) is 0 Å². The second-order valence-electron chi connectivity index (χ2n) is 7.23. The summed E-state index contributed by atoms with van der Waals surface area (Å²) in [6, 6.07) is 11.1. The molecule has 2 aromatic rings. The van der Waals surface area contributed by atoms with E-state index < -0.39 is 0 Å². The lowest BCUT2D eigenvalue weighted by Crippen LogP contribution is -2.51. The van der Waals surface area contributed by atoms with Gasteiger partial charge in [0.25, 0.3) is 0 Å². The van der Waals surface area contributed by atoms with Crippen LogP contribution in [0.1, 0.15) is 36.7 Å². The van der Waals surface area contributed by atoms with Gasteiger partial charge in [-0.3, -0.25) is 4.68 Å². The van der Waals surface area contributed by atoms with Crippen LogP contribution in [-0.2, 0) is 13.6 Å². The summed E-state index contributed by atoms with van der Waals surface area (Å²) in [6.07, 6.45) is 2.35. The summed E-state index contributed by atoms with van der Waals surface area (Å²) in [7, 11) is 1.99. The number of hydrogen-bond donors (Lipinski definition) is 2. The van der Waals surface area contributed by atoms with Crippen LogP contribution in [0.15, 0.2) is 35.3 Å². The van der Waals surface area contributed by atoms with Gasteiger partial charge in [0.2, 0.25) is 0 Å². The summed E-state index contributed by atoms with van der Waals surface area (Å²) >= 11 is 0. The van der Waals surface area contributed by atoms with Crippen LogP contribution in [0.3, 0.4) is 0 Å². The summed E-state index contributed by atoms with van der Waals surface area (Å²) in [5.41, 5.74) is 4.75. The van der Waals surface area contributed by atoms with Crippen molar-refractivity contribution in [2.24, 2.45) is 12.0 Å². The predicted octanol–water partition coefficient (Wildman–Crippen LogP) is 3.38. The molecule has 1 unspecified atom stereocenters. The Morgan fingerprint density at radius 3 is 2.64 bits per heavy atom. The molecule has 7 heteroatoms. The highest BCUT2D eigenvalue weighted by Crippen LogP contribution is 2.19. The van der Waals surface area contributed by atoms with Crippen LogP contribution in [0.2, 0.25) is 0 Å². The minimum Gasteiger partial charge on any atom is -0.369 e. The van der Waals surface area contributed by atoms with Gasteiger partial charge in [-0.2, -0.15) is 5.10 Å². The Kier molecular flexibility index (Phi) is 8.59. The molecule has 0 amide bonds. The van der Waals surface area contributed by atoms with Crippen molar-refractivity contribution in [1.82, 2.24) is 20.4 Å². The molecule has 0 radical (unpaired) electrons. The maximum atomic E-state index is 4.83. The number of nitrogens with one attached hydrogen (secondary N) is 2. The zero-order valence-corrected chi connectivity index (χ0v) is 19.7. The molecule has 154 valence electrons. The fraction of sp³-hybridized carbons (Fsp3) is 0.524. The number of para-hydroxylation sites is 1. The van der Waals surface area contributed by atoms with Gasteiger partial charge in [0.1, 0.15) is 0 Å². The number of rotatable bonds is 5. The number of aliphatic imine (C=N–C) groups is 1. The quantitative estimate of drug-likeness (QED) is 0.379. The fourth-order valence-electron chi connectivity index (χ4n) is 3.69. The maximum absolute atomic E-state index is 4.83. The Morgan fingerprint density at radius 1 is 1.25 bits per heavy atom. The minimum absolute atomic E-state index is 0. The second-order valence-corrected chi connectivity index (χ2v) is 7.23. The Hall–Kier alpha value is -1.77. The maximum Gasteiger partial charge on any atom is 0.191 e. The van der Waals surface area contributed by atoms with Crippen LogP contribution < -0.4 is 15.5 Å². The highest BCUT2D eigenvalue weighted by molar-refractivity contribution is 14.0. The van der Waals surface area contributed by atoms with Gasteiger partial charge in [-0.25, -0.2) is 4.99 Å². The van der Waals surface area contributed by atoms with E-state index >= 15 is 0 Å². The Labute approximate surface area is 185 Å². The molecule has 28 heavy (non-hydrogen) atoms. The van der Waals surface area contributed by atoms with Crippen LogP contribution in [0, 0.1) is 13.8 Å². The molecule has 2 heterocycles. The third kappa shape index (κ3) is 5.62. The Balaban J connectivity index is 0.00000280. The molecule has 1 aliphatic heterocycles. The van der Waals surface area contributed by atoms with Crippen LogP contribution in [0.25, 0.3) is 0 Å².